The Hall–Kier alpha value is -1.10. The van der Waals surface area contributed by atoms with Crippen LogP contribution in [0.3, 0.4) is 0 Å². The molecule has 1 heterocycles. The molecule has 1 N–H and O–H groups in total. The van der Waals surface area contributed by atoms with Gasteiger partial charge in [0, 0.05) is 23.4 Å². The van der Waals surface area contributed by atoms with Gasteiger partial charge in [-0.05, 0) is 25.8 Å². The fourth-order valence-corrected chi connectivity index (χ4v) is 3.54. The lowest BCUT2D eigenvalue weighted by atomic mass is 9.93. The minimum atomic E-state index is -1.41. The molecule has 1 aromatic carbocycles. The highest BCUT2D eigenvalue weighted by molar-refractivity contribution is 6.31. The van der Waals surface area contributed by atoms with E-state index in [1.807, 2.05) is 12.1 Å². The van der Waals surface area contributed by atoms with E-state index in [4.69, 9.17) is 21.1 Å². The summed E-state index contributed by atoms with van der Waals surface area (Å²) in [5.74, 6) is -1.80. The highest BCUT2D eigenvalue weighted by Crippen LogP contribution is 2.52. The third kappa shape index (κ3) is 2.45. The highest BCUT2D eigenvalue weighted by atomic mass is 35.5. The number of carboxylic acids is 1. The van der Waals surface area contributed by atoms with Gasteiger partial charge < -0.3 is 14.6 Å². The van der Waals surface area contributed by atoms with Crippen LogP contribution >= 0.6 is 11.6 Å². The largest absolute Gasteiger partial charge is 0.479 e. The summed E-state index contributed by atoms with van der Waals surface area (Å²) in [5.41, 5.74) is -0.742. The molecule has 1 aliphatic carbocycles. The Morgan fingerprint density at radius 1 is 1.29 bits per heavy atom. The third-order valence-corrected chi connectivity index (χ3v) is 4.80. The van der Waals surface area contributed by atoms with E-state index in [2.05, 4.69) is 0 Å². The van der Waals surface area contributed by atoms with E-state index in [1.165, 1.54) is 0 Å². The van der Waals surface area contributed by atoms with Crippen molar-refractivity contribution < 1.29 is 19.4 Å². The van der Waals surface area contributed by atoms with E-state index >= 15 is 0 Å². The van der Waals surface area contributed by atoms with Crippen LogP contribution in [0.15, 0.2) is 24.3 Å². The van der Waals surface area contributed by atoms with Gasteiger partial charge in [-0.15, -0.1) is 0 Å². The summed E-state index contributed by atoms with van der Waals surface area (Å²) in [5, 5.41) is 10.2. The molecule has 4 nitrogen and oxygen atoms in total. The lowest BCUT2D eigenvalue weighted by Crippen LogP contribution is -2.42. The highest BCUT2D eigenvalue weighted by Gasteiger charge is 2.59. The Morgan fingerprint density at radius 3 is 2.57 bits per heavy atom. The van der Waals surface area contributed by atoms with Crippen molar-refractivity contribution in [3.05, 3.63) is 34.9 Å². The van der Waals surface area contributed by atoms with E-state index in [0.29, 0.717) is 10.6 Å². The average Bonchev–Trinajstić information content (AvgIpc) is 2.74. The molecular weight excluding hydrogens is 292 g/mol. The maximum atomic E-state index is 11.8. The molecule has 0 bridgehead atoms. The van der Waals surface area contributed by atoms with E-state index in [0.717, 1.165) is 32.1 Å². The van der Waals surface area contributed by atoms with E-state index in [1.54, 1.807) is 19.1 Å². The van der Waals surface area contributed by atoms with Crippen LogP contribution in [0, 0.1) is 0 Å². The van der Waals surface area contributed by atoms with Crippen LogP contribution < -0.4 is 0 Å². The first-order valence-electron chi connectivity index (χ1n) is 7.33. The van der Waals surface area contributed by atoms with Gasteiger partial charge in [0.05, 0.1) is 0 Å². The Kier molecular flexibility index (Phi) is 3.72. The van der Waals surface area contributed by atoms with E-state index in [9.17, 15) is 9.90 Å². The van der Waals surface area contributed by atoms with Gasteiger partial charge in [0.25, 0.3) is 0 Å². The lowest BCUT2D eigenvalue weighted by Gasteiger charge is -2.32. The average molecular weight is 311 g/mol. The van der Waals surface area contributed by atoms with Gasteiger partial charge in [-0.3, -0.25) is 0 Å². The fourth-order valence-electron chi connectivity index (χ4n) is 3.31. The van der Waals surface area contributed by atoms with Gasteiger partial charge in [-0.1, -0.05) is 36.2 Å². The SMILES string of the molecule is CC1(C(=O)O)OC2(CCCCC2)OC1c1ccccc1Cl. The molecule has 1 aliphatic heterocycles. The minimum absolute atomic E-state index is 0.506. The van der Waals surface area contributed by atoms with Crippen LogP contribution in [0.4, 0.5) is 0 Å². The molecule has 2 fully saturated rings. The maximum Gasteiger partial charge on any atom is 0.338 e. The van der Waals surface area contributed by atoms with Crippen molar-refractivity contribution in [2.45, 2.75) is 56.5 Å². The molecular formula is C16H19ClO4. The molecule has 2 unspecified atom stereocenters. The number of ether oxygens (including phenoxy) is 2. The fraction of sp³-hybridized carbons (Fsp3) is 0.562. The zero-order valence-electron chi connectivity index (χ0n) is 12.0. The quantitative estimate of drug-likeness (QED) is 0.899. The zero-order chi connectivity index (χ0) is 15.1. The number of hydrogen-bond acceptors (Lipinski definition) is 3. The molecule has 1 saturated heterocycles. The second-order valence-electron chi connectivity index (χ2n) is 6.01. The molecule has 1 spiro atoms. The van der Waals surface area contributed by atoms with Gasteiger partial charge in [-0.25, -0.2) is 4.79 Å². The summed E-state index contributed by atoms with van der Waals surface area (Å²) in [6.07, 6.45) is 3.89. The molecule has 21 heavy (non-hydrogen) atoms. The van der Waals surface area contributed by atoms with Crippen molar-refractivity contribution >= 4 is 17.6 Å². The van der Waals surface area contributed by atoms with Crippen molar-refractivity contribution in [1.82, 2.24) is 0 Å². The number of rotatable bonds is 2. The Labute approximate surface area is 129 Å². The number of carbonyl (C=O) groups is 1. The van der Waals surface area contributed by atoms with Crippen LogP contribution in [0.1, 0.15) is 50.7 Å². The van der Waals surface area contributed by atoms with Gasteiger partial charge in [0.2, 0.25) is 0 Å². The Bertz CT molecular complexity index is 553. The first-order valence-corrected chi connectivity index (χ1v) is 7.70. The minimum Gasteiger partial charge on any atom is -0.479 e. The number of benzene rings is 1. The van der Waals surface area contributed by atoms with Crippen molar-refractivity contribution in [3.8, 4) is 0 Å². The monoisotopic (exact) mass is 310 g/mol. The molecule has 1 aromatic rings. The molecule has 114 valence electrons. The molecule has 1 saturated carbocycles. The van der Waals surface area contributed by atoms with E-state index < -0.39 is 23.5 Å². The predicted molar refractivity (Wildman–Crippen MR) is 78.2 cm³/mol. The zero-order valence-corrected chi connectivity index (χ0v) is 12.7. The van der Waals surface area contributed by atoms with Crippen molar-refractivity contribution in [2.75, 3.05) is 0 Å². The van der Waals surface area contributed by atoms with Crippen LogP contribution in [0.2, 0.25) is 5.02 Å². The number of hydrogen-bond donors (Lipinski definition) is 1. The van der Waals surface area contributed by atoms with Gasteiger partial charge >= 0.3 is 5.97 Å². The second-order valence-corrected chi connectivity index (χ2v) is 6.41. The van der Waals surface area contributed by atoms with Crippen LogP contribution in [-0.2, 0) is 14.3 Å². The summed E-state index contributed by atoms with van der Waals surface area (Å²) in [6.45, 7) is 1.58. The molecule has 2 aliphatic rings. The smallest absolute Gasteiger partial charge is 0.338 e. The van der Waals surface area contributed by atoms with Crippen molar-refractivity contribution in [1.29, 1.82) is 0 Å². The normalized spacial score (nSPS) is 31.4. The molecule has 3 rings (SSSR count). The maximum absolute atomic E-state index is 11.8. The molecule has 0 amide bonds. The predicted octanol–water partition coefficient (Wildman–Crippen LogP) is 3.93. The van der Waals surface area contributed by atoms with Gasteiger partial charge in [0.1, 0.15) is 6.10 Å². The molecule has 5 heteroatoms. The number of carboxylic acid groups (broad SMARTS) is 1. The molecule has 0 aromatic heterocycles. The first-order chi connectivity index (χ1) is 9.97. The third-order valence-electron chi connectivity index (χ3n) is 4.46. The Morgan fingerprint density at radius 2 is 1.95 bits per heavy atom. The van der Waals surface area contributed by atoms with Crippen LogP contribution in [-0.4, -0.2) is 22.5 Å². The summed E-state index contributed by atoms with van der Waals surface area (Å²) < 4.78 is 12.1. The summed E-state index contributed by atoms with van der Waals surface area (Å²) in [4.78, 5) is 11.8. The van der Waals surface area contributed by atoms with E-state index in [-0.39, 0.29) is 0 Å². The first kappa shape index (κ1) is 14.8. The van der Waals surface area contributed by atoms with Crippen LogP contribution in [0.5, 0.6) is 0 Å². The number of halogens is 1. The van der Waals surface area contributed by atoms with Crippen molar-refractivity contribution in [3.63, 3.8) is 0 Å². The second kappa shape index (κ2) is 5.27. The van der Waals surface area contributed by atoms with Gasteiger partial charge in [-0.2, -0.15) is 0 Å². The topological polar surface area (TPSA) is 55.8 Å². The van der Waals surface area contributed by atoms with Gasteiger partial charge in [0.15, 0.2) is 11.4 Å². The standard InChI is InChI=1S/C16H19ClO4/c1-15(14(18)19)13(11-7-3-4-8-12(11)17)20-16(21-15)9-5-2-6-10-16/h3-4,7-8,13H,2,5-6,9-10H2,1H3,(H,18,19). The van der Waals surface area contributed by atoms with Crippen LogP contribution in [0.25, 0.3) is 0 Å². The summed E-state index contributed by atoms with van der Waals surface area (Å²) in [6, 6.07) is 7.20. The molecule has 0 radical (unpaired) electrons. The lowest BCUT2D eigenvalue weighted by molar-refractivity contribution is -0.211. The summed E-state index contributed by atoms with van der Waals surface area (Å²) >= 11 is 6.24. The van der Waals surface area contributed by atoms with Crippen molar-refractivity contribution in [2.24, 2.45) is 0 Å². The summed E-state index contributed by atoms with van der Waals surface area (Å²) in [7, 11) is 0. The number of aliphatic carboxylic acids is 1. The molecule has 2 atom stereocenters. The Balaban J connectivity index is 2.01.